The van der Waals surface area contributed by atoms with Crippen LogP contribution in [-0.4, -0.2) is 43.9 Å². The van der Waals surface area contributed by atoms with E-state index in [0.717, 1.165) is 0 Å². The van der Waals surface area contributed by atoms with E-state index < -0.39 is 20.5 Å². The normalized spacial score (nSPS) is 11.0. The summed E-state index contributed by atoms with van der Waals surface area (Å²) in [5.41, 5.74) is 0. The molecule has 0 aliphatic carbocycles. The van der Waals surface area contributed by atoms with E-state index >= 15 is 0 Å². The lowest BCUT2D eigenvalue weighted by molar-refractivity contribution is -0.116. The summed E-state index contributed by atoms with van der Waals surface area (Å²) in [4.78, 5) is 30.9. The lowest BCUT2D eigenvalue weighted by atomic mass is 10.4. The molecular weight excluding hydrogens is 203 g/mol. The van der Waals surface area contributed by atoms with Crippen molar-refractivity contribution < 1.29 is 34.3 Å². The Morgan fingerprint density at radius 3 is 1.54 bits per heavy atom. The molecule has 0 aromatic heterocycles. The number of carbonyl (C=O) groups excluding carboxylic acids is 1. The molecule has 0 saturated carbocycles. The molecule has 0 heterocycles. The van der Waals surface area contributed by atoms with Crippen LogP contribution in [-0.2, 0) is 9.36 Å². The topological polar surface area (TPSA) is 135 Å². The van der Waals surface area contributed by atoms with Crippen LogP contribution in [0.5, 0.6) is 0 Å². The highest BCUT2D eigenvalue weighted by Gasteiger charge is 2.00. The van der Waals surface area contributed by atoms with Crippen molar-refractivity contribution in [1.82, 2.24) is 0 Å². The van der Waals surface area contributed by atoms with Crippen LogP contribution < -0.4 is 0 Å². The Morgan fingerprint density at radius 1 is 1.31 bits per heavy atom. The first-order valence-electron chi connectivity index (χ1n) is 2.67. The van der Waals surface area contributed by atoms with Gasteiger partial charge in [0.2, 0.25) is 0 Å². The summed E-state index contributed by atoms with van der Waals surface area (Å²) in [5.74, 6) is 0. The average Bonchev–Trinajstić information content (AvgIpc) is 2.04. The zero-order valence-corrected chi connectivity index (χ0v) is 7.41. The van der Waals surface area contributed by atoms with Crippen molar-refractivity contribution in [2.24, 2.45) is 0 Å². The lowest BCUT2D eigenvalue weighted by Gasteiger charge is -1.89. The molecule has 0 rings (SSSR count). The summed E-state index contributed by atoms with van der Waals surface area (Å²) in [6.45, 7) is -0.483. The van der Waals surface area contributed by atoms with Gasteiger partial charge in [-0.1, -0.05) is 0 Å². The van der Waals surface area contributed by atoms with Crippen LogP contribution in [0.4, 0.5) is 0 Å². The first-order chi connectivity index (χ1) is 5.81. The highest BCUT2D eigenvalue weighted by atomic mass is 31.2. The zero-order chi connectivity index (χ0) is 11.5. The summed E-state index contributed by atoms with van der Waals surface area (Å²) in [6.07, 6.45) is 7.09. The molecule has 0 aliphatic rings. The number of terminal acetylenes is 1. The van der Waals surface area contributed by atoms with E-state index in [-0.39, 0.29) is 6.29 Å². The molecule has 1 atom stereocenters. The maximum absolute atomic E-state index is 9.33. The van der Waals surface area contributed by atoms with E-state index in [0.29, 0.717) is 0 Å². The Hall–Kier alpha value is -0.740. The molecule has 5 N–H and O–H groups in total. The molecule has 0 radical (unpaired) electrons. The minimum atomic E-state index is -4.64. The standard InChI is InChI=1S/C3H6O3.C2H2.H3O4P/c4-1-3(6)2-5;1-2;1-5(2,3)4/h1,3,5-6H,2H2;1-2H;(H3,1,2,3,4). The second kappa shape index (κ2) is 11.3. The maximum atomic E-state index is 9.33. The molecule has 0 bridgehead atoms. The molecule has 8 heteroatoms. The predicted molar refractivity (Wildman–Crippen MR) is 43.3 cm³/mol. The van der Waals surface area contributed by atoms with Gasteiger partial charge in [-0.25, -0.2) is 4.57 Å². The Bertz CT molecular complexity index is 163. The number of hydrogen-bond donors (Lipinski definition) is 5. The second-order valence-corrected chi connectivity index (χ2v) is 2.43. The van der Waals surface area contributed by atoms with E-state index in [1.165, 1.54) is 0 Å². The highest BCUT2D eigenvalue weighted by Crippen LogP contribution is 2.25. The molecule has 7 nitrogen and oxygen atoms in total. The molecule has 13 heavy (non-hydrogen) atoms. The van der Waals surface area contributed by atoms with Crippen molar-refractivity contribution in [2.45, 2.75) is 6.10 Å². The molecular formula is C5H11O7P. The number of hydrogen-bond acceptors (Lipinski definition) is 4. The van der Waals surface area contributed by atoms with Crippen LogP contribution in [0.3, 0.4) is 0 Å². The lowest BCUT2D eigenvalue weighted by Crippen LogP contribution is -2.12. The third-order valence-corrected chi connectivity index (χ3v) is 0.344. The molecule has 0 saturated heterocycles. The Morgan fingerprint density at radius 2 is 1.54 bits per heavy atom. The van der Waals surface area contributed by atoms with Gasteiger partial charge in [-0.3, -0.25) is 0 Å². The third kappa shape index (κ3) is 90.9. The fourth-order valence-corrected chi connectivity index (χ4v) is 0.0430. The van der Waals surface area contributed by atoms with Crippen LogP contribution in [0.1, 0.15) is 0 Å². The van der Waals surface area contributed by atoms with E-state index in [2.05, 4.69) is 12.8 Å². The number of phosphoric acid groups is 1. The monoisotopic (exact) mass is 214 g/mol. The Kier molecular flexibility index (Phi) is 15.7. The van der Waals surface area contributed by atoms with Gasteiger partial charge < -0.3 is 29.7 Å². The van der Waals surface area contributed by atoms with Gasteiger partial charge >= 0.3 is 7.82 Å². The van der Waals surface area contributed by atoms with Gasteiger partial charge in [0.1, 0.15) is 6.10 Å². The molecule has 0 fully saturated rings. The minimum Gasteiger partial charge on any atom is -0.393 e. The number of rotatable bonds is 2. The van der Waals surface area contributed by atoms with Crippen molar-refractivity contribution in [1.29, 1.82) is 0 Å². The molecule has 1 unspecified atom stereocenters. The quantitative estimate of drug-likeness (QED) is 0.201. The maximum Gasteiger partial charge on any atom is 0.466 e. The van der Waals surface area contributed by atoms with Crippen molar-refractivity contribution in [3.63, 3.8) is 0 Å². The number of aldehydes is 1. The molecule has 0 aromatic rings. The van der Waals surface area contributed by atoms with E-state index in [1.54, 1.807) is 0 Å². The summed E-state index contributed by atoms with van der Waals surface area (Å²) in [5, 5.41) is 15.9. The van der Waals surface area contributed by atoms with Crippen molar-refractivity contribution >= 4 is 14.1 Å². The average molecular weight is 214 g/mol. The fraction of sp³-hybridized carbons (Fsp3) is 0.400. The largest absolute Gasteiger partial charge is 0.466 e. The Balaban J connectivity index is -0.000000131. The van der Waals surface area contributed by atoms with Crippen molar-refractivity contribution in [2.75, 3.05) is 6.61 Å². The van der Waals surface area contributed by atoms with Gasteiger partial charge in [0.25, 0.3) is 0 Å². The first-order valence-corrected chi connectivity index (χ1v) is 4.23. The summed E-state index contributed by atoms with van der Waals surface area (Å²) < 4.78 is 8.88. The van der Waals surface area contributed by atoms with Crippen molar-refractivity contribution in [3.8, 4) is 12.8 Å². The third-order valence-electron chi connectivity index (χ3n) is 0.344. The van der Waals surface area contributed by atoms with Gasteiger partial charge in [-0.15, -0.1) is 12.8 Å². The van der Waals surface area contributed by atoms with Gasteiger partial charge in [0, 0.05) is 0 Å². The van der Waals surface area contributed by atoms with Crippen molar-refractivity contribution in [3.05, 3.63) is 0 Å². The van der Waals surface area contributed by atoms with Crippen LogP contribution in [0.25, 0.3) is 0 Å². The minimum absolute atomic E-state index is 0.278. The van der Waals surface area contributed by atoms with Crippen LogP contribution in [0.2, 0.25) is 0 Å². The number of carbonyl (C=O) groups is 1. The SMILES string of the molecule is C#C.O=CC(O)CO.O=P(O)(O)O. The highest BCUT2D eigenvalue weighted by molar-refractivity contribution is 7.45. The van der Waals surface area contributed by atoms with Gasteiger partial charge in [0.15, 0.2) is 6.29 Å². The molecule has 0 spiro atoms. The number of aliphatic hydroxyl groups excluding tert-OH is 2. The van der Waals surface area contributed by atoms with Gasteiger partial charge in [-0.2, -0.15) is 0 Å². The molecule has 0 aromatic carbocycles. The molecule has 0 aliphatic heterocycles. The van der Waals surface area contributed by atoms with E-state index in [1.807, 2.05) is 0 Å². The summed E-state index contributed by atoms with van der Waals surface area (Å²) >= 11 is 0. The molecule has 78 valence electrons. The molecule has 0 amide bonds. The van der Waals surface area contributed by atoms with Gasteiger partial charge in [0.05, 0.1) is 6.61 Å². The second-order valence-electron chi connectivity index (χ2n) is 1.40. The Labute approximate surface area is 74.9 Å². The predicted octanol–water partition coefficient (Wildman–Crippen LogP) is -2.14. The van der Waals surface area contributed by atoms with Crippen LogP contribution >= 0.6 is 7.82 Å². The first kappa shape index (κ1) is 18.1. The smallest absolute Gasteiger partial charge is 0.393 e. The summed E-state index contributed by atoms with van der Waals surface area (Å²) in [6, 6.07) is 0. The van der Waals surface area contributed by atoms with E-state index in [4.69, 9.17) is 29.5 Å². The van der Waals surface area contributed by atoms with Gasteiger partial charge in [-0.05, 0) is 0 Å². The van der Waals surface area contributed by atoms with E-state index in [9.17, 15) is 4.79 Å². The number of aliphatic hydroxyl groups is 2. The zero-order valence-electron chi connectivity index (χ0n) is 6.52. The fourth-order valence-electron chi connectivity index (χ4n) is 0.0430. The van der Waals surface area contributed by atoms with Crippen LogP contribution in [0, 0.1) is 12.8 Å². The van der Waals surface area contributed by atoms with Crippen LogP contribution in [0.15, 0.2) is 0 Å². The summed E-state index contributed by atoms with van der Waals surface area (Å²) in [7, 11) is -4.64.